The molecule has 5 nitrogen and oxygen atoms in total. The van der Waals surface area contributed by atoms with Crippen molar-refractivity contribution >= 4 is 40.7 Å². The number of benzene rings is 2. The third kappa shape index (κ3) is 5.34. The number of amides is 2. The van der Waals surface area contributed by atoms with Crippen molar-refractivity contribution in [2.75, 3.05) is 25.5 Å². The van der Waals surface area contributed by atoms with Crippen LogP contribution in [0.4, 0.5) is 10.1 Å². The summed E-state index contributed by atoms with van der Waals surface area (Å²) >= 11 is 11.9. The predicted molar refractivity (Wildman–Crippen MR) is 94.6 cm³/mol. The van der Waals surface area contributed by atoms with Gasteiger partial charge < -0.3 is 15.0 Å². The number of carbonyl (C=O) groups is 2. The molecule has 2 aromatic rings. The average molecular weight is 385 g/mol. The van der Waals surface area contributed by atoms with Crippen LogP contribution in [0.15, 0.2) is 42.5 Å². The van der Waals surface area contributed by atoms with Crippen molar-refractivity contribution in [2.24, 2.45) is 0 Å². The summed E-state index contributed by atoms with van der Waals surface area (Å²) in [6.45, 7) is -0.626. The lowest BCUT2D eigenvalue weighted by molar-refractivity contribution is -0.135. The Morgan fingerprint density at radius 1 is 1.12 bits per heavy atom. The van der Waals surface area contributed by atoms with Crippen molar-refractivity contribution in [3.8, 4) is 5.75 Å². The van der Waals surface area contributed by atoms with Crippen LogP contribution in [0.3, 0.4) is 0 Å². The molecule has 2 aromatic carbocycles. The monoisotopic (exact) mass is 384 g/mol. The van der Waals surface area contributed by atoms with Crippen molar-refractivity contribution in [1.29, 1.82) is 0 Å². The first kappa shape index (κ1) is 19.0. The Bertz CT molecular complexity index is 766. The van der Waals surface area contributed by atoms with Gasteiger partial charge in [-0.1, -0.05) is 41.4 Å². The van der Waals surface area contributed by atoms with Gasteiger partial charge in [-0.25, -0.2) is 4.39 Å². The van der Waals surface area contributed by atoms with E-state index < -0.39 is 24.2 Å². The number of halogens is 3. The Morgan fingerprint density at radius 3 is 2.40 bits per heavy atom. The Balaban J connectivity index is 1.88. The molecule has 0 saturated heterocycles. The van der Waals surface area contributed by atoms with Crippen LogP contribution in [0.2, 0.25) is 10.0 Å². The standard InChI is InChI=1S/C17H15Cl2FN2O3/c1-22(16(24)10-25-14-8-3-2-7-13(14)20)9-15(23)21-17-11(18)5-4-6-12(17)19/h2-8H,9-10H2,1H3,(H,21,23). The maximum atomic E-state index is 13.4. The summed E-state index contributed by atoms with van der Waals surface area (Å²) in [7, 11) is 1.43. The molecule has 0 aliphatic heterocycles. The molecule has 2 rings (SSSR count). The van der Waals surface area contributed by atoms with Crippen LogP contribution in [-0.4, -0.2) is 36.9 Å². The number of ether oxygens (including phenoxy) is 1. The normalized spacial score (nSPS) is 10.2. The number of anilines is 1. The van der Waals surface area contributed by atoms with E-state index >= 15 is 0 Å². The molecule has 1 N–H and O–H groups in total. The van der Waals surface area contributed by atoms with E-state index in [-0.39, 0.29) is 28.0 Å². The molecular formula is C17H15Cl2FN2O3. The topological polar surface area (TPSA) is 58.6 Å². The fourth-order valence-electron chi connectivity index (χ4n) is 1.91. The first-order chi connectivity index (χ1) is 11.9. The largest absolute Gasteiger partial charge is 0.481 e. The zero-order valence-corrected chi connectivity index (χ0v) is 14.8. The highest BCUT2D eigenvalue weighted by Crippen LogP contribution is 2.29. The lowest BCUT2D eigenvalue weighted by atomic mass is 10.3. The van der Waals surface area contributed by atoms with Gasteiger partial charge in [-0.05, 0) is 24.3 Å². The summed E-state index contributed by atoms with van der Waals surface area (Å²) in [6, 6.07) is 10.6. The van der Waals surface area contributed by atoms with E-state index in [1.165, 1.54) is 25.2 Å². The van der Waals surface area contributed by atoms with Crippen LogP contribution >= 0.6 is 23.2 Å². The van der Waals surface area contributed by atoms with Gasteiger partial charge in [0.05, 0.1) is 22.3 Å². The lowest BCUT2D eigenvalue weighted by Crippen LogP contribution is -2.37. The van der Waals surface area contributed by atoms with Crippen LogP contribution < -0.4 is 10.1 Å². The lowest BCUT2D eigenvalue weighted by Gasteiger charge is -2.18. The number of nitrogens with one attached hydrogen (secondary N) is 1. The molecule has 2 amide bonds. The molecule has 0 heterocycles. The zero-order valence-electron chi connectivity index (χ0n) is 13.3. The van der Waals surface area contributed by atoms with Crippen LogP contribution in [0.25, 0.3) is 0 Å². The van der Waals surface area contributed by atoms with Gasteiger partial charge in [0.2, 0.25) is 5.91 Å². The third-order valence-corrected chi connectivity index (χ3v) is 3.85. The van der Waals surface area contributed by atoms with E-state index in [0.717, 1.165) is 4.90 Å². The average Bonchev–Trinajstić information content (AvgIpc) is 2.57. The summed E-state index contributed by atoms with van der Waals surface area (Å²) in [5.41, 5.74) is 0.277. The van der Waals surface area contributed by atoms with Gasteiger partial charge in [-0.3, -0.25) is 9.59 Å². The molecule has 0 spiro atoms. The van der Waals surface area contributed by atoms with E-state index in [0.29, 0.717) is 0 Å². The van der Waals surface area contributed by atoms with Gasteiger partial charge in [-0.2, -0.15) is 0 Å². The molecule has 0 atom stereocenters. The van der Waals surface area contributed by atoms with Crippen molar-refractivity contribution in [2.45, 2.75) is 0 Å². The van der Waals surface area contributed by atoms with Crippen LogP contribution in [0.1, 0.15) is 0 Å². The maximum absolute atomic E-state index is 13.4. The van der Waals surface area contributed by atoms with Crippen molar-refractivity contribution in [3.63, 3.8) is 0 Å². The van der Waals surface area contributed by atoms with E-state index in [1.807, 2.05) is 0 Å². The number of nitrogens with zero attached hydrogens (tertiary/aromatic N) is 1. The molecule has 0 aliphatic rings. The van der Waals surface area contributed by atoms with Crippen LogP contribution in [0.5, 0.6) is 5.75 Å². The summed E-state index contributed by atoms with van der Waals surface area (Å²) in [4.78, 5) is 25.2. The predicted octanol–water partition coefficient (Wildman–Crippen LogP) is 3.61. The van der Waals surface area contributed by atoms with Gasteiger partial charge in [0, 0.05) is 7.05 Å². The summed E-state index contributed by atoms with van der Waals surface area (Å²) in [5, 5.41) is 3.13. The molecular weight excluding hydrogens is 370 g/mol. The Kier molecular flexibility index (Phi) is 6.61. The zero-order chi connectivity index (χ0) is 18.4. The molecule has 0 bridgehead atoms. The quantitative estimate of drug-likeness (QED) is 0.827. The first-order valence-electron chi connectivity index (χ1n) is 7.23. The summed E-state index contributed by atoms with van der Waals surface area (Å²) in [5.74, 6) is -1.55. The van der Waals surface area contributed by atoms with E-state index in [9.17, 15) is 14.0 Å². The SMILES string of the molecule is CN(CC(=O)Nc1c(Cl)cccc1Cl)C(=O)COc1ccccc1F. The fourth-order valence-corrected chi connectivity index (χ4v) is 2.40. The second-order valence-corrected chi connectivity index (χ2v) is 5.93. The van der Waals surface area contributed by atoms with Crippen molar-refractivity contribution in [1.82, 2.24) is 4.90 Å². The molecule has 0 aliphatic carbocycles. The Labute approximate surface area is 154 Å². The molecule has 0 unspecified atom stereocenters. The number of rotatable bonds is 6. The highest BCUT2D eigenvalue weighted by Gasteiger charge is 2.16. The van der Waals surface area contributed by atoms with Gasteiger partial charge >= 0.3 is 0 Å². The number of para-hydroxylation sites is 2. The van der Waals surface area contributed by atoms with Gasteiger partial charge in [0.25, 0.3) is 5.91 Å². The molecule has 0 aromatic heterocycles. The van der Waals surface area contributed by atoms with Crippen LogP contribution in [-0.2, 0) is 9.59 Å². The molecule has 0 fully saturated rings. The Hall–Kier alpha value is -2.31. The van der Waals surface area contributed by atoms with Crippen LogP contribution in [0, 0.1) is 5.82 Å². The summed E-state index contributed by atoms with van der Waals surface area (Å²) in [6.07, 6.45) is 0. The number of carbonyl (C=O) groups excluding carboxylic acids is 2. The molecule has 0 radical (unpaired) electrons. The number of likely N-dealkylation sites (N-methyl/N-ethyl adjacent to an activating group) is 1. The van der Waals surface area contributed by atoms with Gasteiger partial charge in [0.15, 0.2) is 18.2 Å². The first-order valence-corrected chi connectivity index (χ1v) is 7.99. The third-order valence-electron chi connectivity index (χ3n) is 3.22. The fraction of sp³-hybridized carbons (Fsp3) is 0.176. The molecule has 25 heavy (non-hydrogen) atoms. The summed E-state index contributed by atoms with van der Waals surface area (Å²) < 4.78 is 18.5. The highest BCUT2D eigenvalue weighted by molar-refractivity contribution is 6.39. The van der Waals surface area contributed by atoms with E-state index in [2.05, 4.69) is 5.32 Å². The molecule has 0 saturated carbocycles. The second kappa shape index (κ2) is 8.69. The second-order valence-electron chi connectivity index (χ2n) is 5.11. The highest BCUT2D eigenvalue weighted by atomic mass is 35.5. The van der Waals surface area contributed by atoms with E-state index in [4.69, 9.17) is 27.9 Å². The number of hydrogen-bond acceptors (Lipinski definition) is 3. The maximum Gasteiger partial charge on any atom is 0.260 e. The smallest absolute Gasteiger partial charge is 0.260 e. The number of hydrogen-bond donors (Lipinski definition) is 1. The van der Waals surface area contributed by atoms with Gasteiger partial charge in [-0.15, -0.1) is 0 Å². The minimum absolute atomic E-state index is 0.0310. The minimum atomic E-state index is -0.566. The van der Waals surface area contributed by atoms with Crippen molar-refractivity contribution < 1.29 is 18.7 Å². The van der Waals surface area contributed by atoms with E-state index in [1.54, 1.807) is 24.3 Å². The molecule has 132 valence electrons. The van der Waals surface area contributed by atoms with Gasteiger partial charge in [0.1, 0.15) is 0 Å². The Morgan fingerprint density at radius 2 is 1.76 bits per heavy atom. The minimum Gasteiger partial charge on any atom is -0.481 e. The molecule has 8 heteroatoms. The van der Waals surface area contributed by atoms with Crippen molar-refractivity contribution in [3.05, 3.63) is 58.3 Å².